The Balaban J connectivity index is 0. The summed E-state index contributed by atoms with van der Waals surface area (Å²) in [5.74, 6) is -0.0727. The van der Waals surface area contributed by atoms with Crippen LogP contribution >= 0.6 is 17.0 Å². The SMILES string of the molecule is Br.CC(C)C[C@H](CN)CC(=O)O. The molecule has 0 aliphatic rings. The first-order chi connectivity index (χ1) is 5.06. The van der Waals surface area contributed by atoms with Crippen molar-refractivity contribution < 1.29 is 9.90 Å². The van der Waals surface area contributed by atoms with Crippen molar-refractivity contribution in [1.82, 2.24) is 0 Å². The molecule has 0 amide bonds. The second-order valence-corrected chi connectivity index (χ2v) is 3.33. The van der Waals surface area contributed by atoms with Crippen molar-refractivity contribution in [3.05, 3.63) is 0 Å². The van der Waals surface area contributed by atoms with Gasteiger partial charge in [-0.1, -0.05) is 13.8 Å². The predicted octanol–water partition coefficient (Wildman–Crippen LogP) is 1.66. The Kier molecular flexibility index (Phi) is 9.09. The molecule has 0 saturated heterocycles. The Bertz CT molecular complexity index is 128. The molecule has 0 aromatic carbocycles. The van der Waals surface area contributed by atoms with Gasteiger partial charge >= 0.3 is 5.97 Å². The highest BCUT2D eigenvalue weighted by atomic mass is 79.9. The number of carboxylic acids is 1. The van der Waals surface area contributed by atoms with Gasteiger partial charge in [0.25, 0.3) is 0 Å². The van der Waals surface area contributed by atoms with Crippen molar-refractivity contribution in [3.63, 3.8) is 0 Å². The average molecular weight is 240 g/mol. The summed E-state index contributed by atoms with van der Waals surface area (Å²) < 4.78 is 0. The molecule has 0 aliphatic heterocycles. The van der Waals surface area contributed by atoms with E-state index in [4.69, 9.17) is 10.8 Å². The van der Waals surface area contributed by atoms with Gasteiger partial charge in [-0.15, -0.1) is 17.0 Å². The van der Waals surface area contributed by atoms with E-state index in [1.807, 2.05) is 0 Å². The maximum absolute atomic E-state index is 10.3. The van der Waals surface area contributed by atoms with Crippen LogP contribution in [0.4, 0.5) is 0 Å². The zero-order valence-corrected chi connectivity index (χ0v) is 9.33. The number of carbonyl (C=O) groups is 1. The van der Waals surface area contributed by atoms with Crippen LogP contribution in [0.25, 0.3) is 0 Å². The van der Waals surface area contributed by atoms with Crippen LogP contribution < -0.4 is 5.73 Å². The lowest BCUT2D eigenvalue weighted by Gasteiger charge is -2.13. The van der Waals surface area contributed by atoms with Crippen LogP contribution in [0.2, 0.25) is 0 Å². The molecule has 0 spiro atoms. The van der Waals surface area contributed by atoms with Gasteiger partial charge < -0.3 is 10.8 Å². The summed E-state index contributed by atoms with van der Waals surface area (Å²) in [4.78, 5) is 10.3. The minimum Gasteiger partial charge on any atom is -0.481 e. The molecule has 3 N–H and O–H groups in total. The standard InChI is InChI=1S/C8H17NO2.BrH/c1-6(2)3-7(5-9)4-8(10)11;/h6-7H,3-5,9H2,1-2H3,(H,10,11);1H/t7-;/m0./s1. The minimum atomic E-state index is -0.749. The number of hydrogen-bond acceptors (Lipinski definition) is 2. The van der Waals surface area contributed by atoms with E-state index < -0.39 is 5.97 Å². The van der Waals surface area contributed by atoms with Crippen molar-refractivity contribution in [2.24, 2.45) is 17.6 Å². The molecule has 0 aliphatic carbocycles. The van der Waals surface area contributed by atoms with E-state index in [1.165, 1.54) is 0 Å². The van der Waals surface area contributed by atoms with Crippen LogP contribution in [0.5, 0.6) is 0 Å². The number of halogens is 1. The lowest BCUT2D eigenvalue weighted by molar-refractivity contribution is -0.138. The normalized spacial score (nSPS) is 12.3. The maximum atomic E-state index is 10.3. The Morgan fingerprint density at radius 1 is 1.50 bits per heavy atom. The molecular weight excluding hydrogens is 222 g/mol. The first-order valence-electron chi connectivity index (χ1n) is 3.98. The summed E-state index contributed by atoms with van der Waals surface area (Å²) >= 11 is 0. The van der Waals surface area contributed by atoms with Gasteiger partial charge in [0.05, 0.1) is 0 Å². The summed E-state index contributed by atoms with van der Waals surface area (Å²) in [5.41, 5.74) is 5.41. The van der Waals surface area contributed by atoms with Gasteiger partial charge in [-0.2, -0.15) is 0 Å². The van der Waals surface area contributed by atoms with Crippen molar-refractivity contribution in [2.75, 3.05) is 6.54 Å². The van der Waals surface area contributed by atoms with Crippen LogP contribution in [0.3, 0.4) is 0 Å². The molecule has 0 saturated carbocycles. The third-order valence-corrected chi connectivity index (χ3v) is 1.60. The average Bonchev–Trinajstić information content (AvgIpc) is 1.84. The van der Waals surface area contributed by atoms with E-state index in [9.17, 15) is 4.79 Å². The smallest absolute Gasteiger partial charge is 0.303 e. The fourth-order valence-electron chi connectivity index (χ4n) is 1.18. The molecule has 0 radical (unpaired) electrons. The Labute approximate surface area is 84.1 Å². The van der Waals surface area contributed by atoms with Gasteiger partial charge in [0, 0.05) is 6.42 Å². The molecule has 0 aromatic heterocycles. The second-order valence-electron chi connectivity index (χ2n) is 3.33. The van der Waals surface area contributed by atoms with Gasteiger partial charge in [-0.05, 0) is 24.8 Å². The van der Waals surface area contributed by atoms with Crippen LogP contribution in [0.1, 0.15) is 26.7 Å². The molecule has 4 heteroatoms. The molecular formula is C8H18BrNO2. The highest BCUT2D eigenvalue weighted by molar-refractivity contribution is 8.93. The monoisotopic (exact) mass is 239 g/mol. The number of hydrogen-bond donors (Lipinski definition) is 2. The molecule has 0 heterocycles. The van der Waals surface area contributed by atoms with Crippen LogP contribution in [0, 0.1) is 11.8 Å². The Hall–Kier alpha value is -0.0900. The Morgan fingerprint density at radius 3 is 2.25 bits per heavy atom. The number of carboxylic acid groups (broad SMARTS) is 1. The predicted molar refractivity (Wildman–Crippen MR) is 54.6 cm³/mol. The van der Waals surface area contributed by atoms with Gasteiger partial charge in [0.15, 0.2) is 0 Å². The Morgan fingerprint density at radius 2 is 2.00 bits per heavy atom. The summed E-state index contributed by atoms with van der Waals surface area (Å²) in [6, 6.07) is 0. The summed E-state index contributed by atoms with van der Waals surface area (Å²) in [7, 11) is 0. The molecule has 3 nitrogen and oxygen atoms in total. The molecule has 0 unspecified atom stereocenters. The molecule has 12 heavy (non-hydrogen) atoms. The second kappa shape index (κ2) is 7.55. The highest BCUT2D eigenvalue weighted by Crippen LogP contribution is 2.13. The summed E-state index contributed by atoms with van der Waals surface area (Å²) in [6.07, 6.45) is 1.11. The molecule has 0 rings (SSSR count). The van der Waals surface area contributed by atoms with Gasteiger partial charge in [-0.3, -0.25) is 4.79 Å². The summed E-state index contributed by atoms with van der Waals surface area (Å²) in [6.45, 7) is 4.62. The fraction of sp³-hybridized carbons (Fsp3) is 0.875. The van der Waals surface area contributed by atoms with Crippen molar-refractivity contribution >= 4 is 23.0 Å². The first kappa shape index (κ1) is 14.4. The zero-order valence-electron chi connectivity index (χ0n) is 7.62. The quantitative estimate of drug-likeness (QED) is 0.768. The van der Waals surface area contributed by atoms with E-state index in [0.29, 0.717) is 12.5 Å². The lowest BCUT2D eigenvalue weighted by Crippen LogP contribution is -2.19. The number of rotatable bonds is 5. The van der Waals surface area contributed by atoms with Gasteiger partial charge in [0.1, 0.15) is 0 Å². The molecule has 74 valence electrons. The number of nitrogens with two attached hydrogens (primary N) is 1. The zero-order chi connectivity index (χ0) is 8.85. The largest absolute Gasteiger partial charge is 0.481 e. The third-order valence-electron chi connectivity index (χ3n) is 1.60. The van der Waals surface area contributed by atoms with Crippen LogP contribution in [-0.4, -0.2) is 17.6 Å². The molecule has 1 atom stereocenters. The molecule has 0 fully saturated rings. The van der Waals surface area contributed by atoms with E-state index in [2.05, 4.69) is 13.8 Å². The van der Waals surface area contributed by atoms with Crippen molar-refractivity contribution in [2.45, 2.75) is 26.7 Å². The van der Waals surface area contributed by atoms with Crippen molar-refractivity contribution in [1.29, 1.82) is 0 Å². The topological polar surface area (TPSA) is 63.3 Å². The van der Waals surface area contributed by atoms with E-state index >= 15 is 0 Å². The number of aliphatic carboxylic acids is 1. The molecule has 0 aromatic rings. The lowest BCUT2D eigenvalue weighted by atomic mass is 9.94. The third kappa shape index (κ3) is 8.01. The van der Waals surface area contributed by atoms with Gasteiger partial charge in [-0.25, -0.2) is 0 Å². The van der Waals surface area contributed by atoms with Crippen LogP contribution in [-0.2, 0) is 4.79 Å². The van der Waals surface area contributed by atoms with E-state index in [-0.39, 0.29) is 29.3 Å². The summed E-state index contributed by atoms with van der Waals surface area (Å²) in [5, 5.41) is 8.47. The first-order valence-corrected chi connectivity index (χ1v) is 3.98. The fourth-order valence-corrected chi connectivity index (χ4v) is 1.18. The van der Waals surface area contributed by atoms with E-state index in [1.54, 1.807) is 0 Å². The van der Waals surface area contributed by atoms with Crippen molar-refractivity contribution in [3.8, 4) is 0 Å². The van der Waals surface area contributed by atoms with Gasteiger partial charge in [0.2, 0.25) is 0 Å². The highest BCUT2D eigenvalue weighted by Gasteiger charge is 2.12. The minimum absolute atomic E-state index is 0. The van der Waals surface area contributed by atoms with Crippen LogP contribution in [0.15, 0.2) is 0 Å². The molecule has 0 bridgehead atoms. The maximum Gasteiger partial charge on any atom is 0.303 e. The van der Waals surface area contributed by atoms with E-state index in [0.717, 1.165) is 6.42 Å².